The van der Waals surface area contributed by atoms with E-state index in [0.29, 0.717) is 5.69 Å². The highest BCUT2D eigenvalue weighted by Crippen LogP contribution is 2.11. The van der Waals surface area contributed by atoms with Gasteiger partial charge in [-0.2, -0.15) is 5.10 Å². The summed E-state index contributed by atoms with van der Waals surface area (Å²) in [6.07, 6.45) is 0. The maximum absolute atomic E-state index is 12.7. The van der Waals surface area contributed by atoms with Crippen LogP contribution in [0.1, 0.15) is 4.88 Å². The zero-order valence-corrected chi connectivity index (χ0v) is 11.7. The van der Waals surface area contributed by atoms with Crippen LogP contribution in [0.3, 0.4) is 0 Å². The molecule has 2 aromatic rings. The van der Waals surface area contributed by atoms with Crippen LogP contribution in [0.2, 0.25) is 0 Å². The Kier molecular flexibility index (Phi) is 5.09. The topological polar surface area (TPSA) is 50.7 Å². The van der Waals surface area contributed by atoms with Crippen molar-refractivity contribution in [3.63, 3.8) is 0 Å². The number of nitrogens with one attached hydrogen (secondary N) is 1. The van der Waals surface area contributed by atoms with Gasteiger partial charge in [-0.05, 0) is 35.7 Å². The number of esters is 1. The Labute approximate surface area is 123 Å². The maximum Gasteiger partial charge on any atom is 0.371 e. The predicted molar refractivity (Wildman–Crippen MR) is 77.4 cm³/mol. The van der Waals surface area contributed by atoms with Crippen molar-refractivity contribution in [3.8, 4) is 0 Å². The maximum atomic E-state index is 12.7. The lowest BCUT2D eigenvalue weighted by Gasteiger charge is -2.03. The average Bonchev–Trinajstić information content (AvgIpc) is 2.97. The highest BCUT2D eigenvalue weighted by Gasteiger charge is 2.10. The summed E-state index contributed by atoms with van der Waals surface area (Å²) in [5.74, 6) is -1.09. The Bertz CT molecular complexity index is 599. The third-order valence-corrected chi connectivity index (χ3v) is 3.31. The summed E-state index contributed by atoms with van der Waals surface area (Å²) in [6.45, 7) is 0.152. The molecule has 1 aromatic heterocycles. The van der Waals surface area contributed by atoms with Crippen molar-refractivity contribution < 1.29 is 13.9 Å². The van der Waals surface area contributed by atoms with E-state index in [9.17, 15) is 9.18 Å². The van der Waals surface area contributed by atoms with Gasteiger partial charge in [0, 0.05) is 4.88 Å². The van der Waals surface area contributed by atoms with Crippen molar-refractivity contribution in [2.75, 3.05) is 5.43 Å². The summed E-state index contributed by atoms with van der Waals surface area (Å²) in [4.78, 5) is 12.4. The number of hydrogen-bond acceptors (Lipinski definition) is 5. The van der Waals surface area contributed by atoms with E-state index in [0.717, 1.165) is 4.88 Å². The van der Waals surface area contributed by atoms with E-state index in [2.05, 4.69) is 10.5 Å². The summed E-state index contributed by atoms with van der Waals surface area (Å²) in [5, 5.41) is 5.22. The Morgan fingerprint density at radius 1 is 1.35 bits per heavy atom. The Morgan fingerprint density at radius 3 is 2.75 bits per heavy atom. The summed E-state index contributed by atoms with van der Waals surface area (Å²) in [6, 6.07) is 9.18. The molecule has 0 amide bonds. The van der Waals surface area contributed by atoms with Crippen molar-refractivity contribution in [3.05, 3.63) is 52.5 Å². The molecule has 0 aliphatic heterocycles. The van der Waals surface area contributed by atoms with Gasteiger partial charge in [0.15, 0.2) is 0 Å². The van der Waals surface area contributed by atoms with Crippen LogP contribution >= 0.6 is 22.9 Å². The van der Waals surface area contributed by atoms with E-state index in [1.54, 1.807) is 0 Å². The molecule has 0 spiro atoms. The Morgan fingerprint density at radius 2 is 2.10 bits per heavy atom. The number of thiophene rings is 1. The smallest absolute Gasteiger partial charge is 0.371 e. The fourth-order valence-corrected chi connectivity index (χ4v) is 1.99. The molecule has 0 aliphatic rings. The first-order valence-electron chi connectivity index (χ1n) is 5.59. The van der Waals surface area contributed by atoms with E-state index in [-0.39, 0.29) is 17.6 Å². The number of ether oxygens (including phenoxy) is 1. The molecule has 1 heterocycles. The second-order valence-electron chi connectivity index (χ2n) is 3.68. The number of nitrogens with zero attached hydrogens (tertiary/aromatic N) is 1. The van der Waals surface area contributed by atoms with Crippen LogP contribution in [0.15, 0.2) is 46.9 Å². The van der Waals surface area contributed by atoms with Crippen LogP contribution < -0.4 is 5.43 Å². The molecule has 20 heavy (non-hydrogen) atoms. The molecule has 4 nitrogen and oxygen atoms in total. The normalized spacial score (nSPS) is 11.2. The van der Waals surface area contributed by atoms with Gasteiger partial charge in [-0.15, -0.1) is 11.3 Å². The van der Waals surface area contributed by atoms with Crippen LogP contribution in [0, 0.1) is 5.82 Å². The third-order valence-electron chi connectivity index (χ3n) is 2.22. The van der Waals surface area contributed by atoms with Crippen LogP contribution in [0.4, 0.5) is 10.1 Å². The number of hydrogen-bond donors (Lipinski definition) is 1. The fraction of sp³-hybridized carbons (Fsp3) is 0.0769. The molecule has 104 valence electrons. The van der Waals surface area contributed by atoms with Gasteiger partial charge in [0.05, 0.1) is 5.69 Å². The van der Waals surface area contributed by atoms with Crippen LogP contribution in [-0.4, -0.2) is 11.1 Å². The minimum absolute atomic E-state index is 0.152. The van der Waals surface area contributed by atoms with E-state index in [1.165, 1.54) is 35.6 Å². The van der Waals surface area contributed by atoms with Crippen molar-refractivity contribution in [2.45, 2.75) is 6.61 Å². The molecule has 0 aliphatic carbocycles. The van der Waals surface area contributed by atoms with Crippen molar-refractivity contribution >= 4 is 39.8 Å². The number of benzene rings is 1. The lowest BCUT2D eigenvalue weighted by Crippen LogP contribution is -2.13. The molecule has 0 atom stereocenters. The van der Waals surface area contributed by atoms with Crippen LogP contribution in [0.25, 0.3) is 0 Å². The zero-order valence-electron chi connectivity index (χ0n) is 10.2. The predicted octanol–water partition coefficient (Wildman–Crippen LogP) is 3.59. The molecule has 2 rings (SSSR count). The average molecular weight is 313 g/mol. The summed E-state index contributed by atoms with van der Waals surface area (Å²) in [5.41, 5.74) is 3.05. The summed E-state index contributed by atoms with van der Waals surface area (Å²) < 4.78 is 17.7. The largest absolute Gasteiger partial charge is 0.455 e. The van der Waals surface area contributed by atoms with Gasteiger partial charge < -0.3 is 4.74 Å². The second kappa shape index (κ2) is 7.02. The second-order valence-corrected chi connectivity index (χ2v) is 5.07. The molecule has 0 bridgehead atoms. The third kappa shape index (κ3) is 4.32. The Hall–Kier alpha value is -1.92. The highest BCUT2D eigenvalue weighted by molar-refractivity contribution is 7.09. The number of hydrazone groups is 1. The number of halogens is 2. The minimum atomic E-state index is -0.727. The number of carbonyl (C=O) groups excluding carboxylic acids is 1. The van der Waals surface area contributed by atoms with Gasteiger partial charge in [0.25, 0.3) is 0 Å². The molecular weight excluding hydrogens is 303 g/mol. The van der Waals surface area contributed by atoms with Crippen molar-refractivity contribution in [1.82, 2.24) is 0 Å². The zero-order chi connectivity index (χ0) is 14.4. The minimum Gasteiger partial charge on any atom is -0.455 e. The summed E-state index contributed by atoms with van der Waals surface area (Å²) >= 11 is 7.17. The summed E-state index contributed by atoms with van der Waals surface area (Å²) in [7, 11) is 0. The molecule has 1 N–H and O–H groups in total. The van der Waals surface area contributed by atoms with Crippen LogP contribution in [0.5, 0.6) is 0 Å². The van der Waals surface area contributed by atoms with E-state index < -0.39 is 5.97 Å². The number of rotatable bonds is 5. The van der Waals surface area contributed by atoms with E-state index >= 15 is 0 Å². The van der Waals surface area contributed by atoms with Crippen molar-refractivity contribution in [2.24, 2.45) is 5.10 Å². The van der Waals surface area contributed by atoms with E-state index in [4.69, 9.17) is 16.3 Å². The molecule has 0 fully saturated rings. The van der Waals surface area contributed by atoms with Gasteiger partial charge in [-0.25, -0.2) is 9.18 Å². The first-order valence-corrected chi connectivity index (χ1v) is 6.85. The standard InChI is InChI=1S/C13H10ClFN2O2S/c14-12(13(18)19-8-11-2-1-7-20-11)17-16-10-5-3-9(15)4-6-10/h1-7,16H,8H2/b17-12-. The van der Waals surface area contributed by atoms with Crippen molar-refractivity contribution in [1.29, 1.82) is 0 Å². The lowest BCUT2D eigenvalue weighted by molar-refractivity contribution is -0.136. The molecule has 0 unspecified atom stereocenters. The molecule has 7 heteroatoms. The van der Waals surface area contributed by atoms with Gasteiger partial charge >= 0.3 is 5.97 Å². The van der Waals surface area contributed by atoms with Gasteiger partial charge in [0.1, 0.15) is 12.4 Å². The van der Waals surface area contributed by atoms with E-state index in [1.807, 2.05) is 17.5 Å². The van der Waals surface area contributed by atoms with Crippen LogP contribution in [-0.2, 0) is 16.1 Å². The SMILES string of the molecule is O=C(OCc1cccs1)/C(Cl)=N/Nc1ccc(F)cc1. The van der Waals surface area contributed by atoms with Gasteiger partial charge in [0.2, 0.25) is 5.17 Å². The first kappa shape index (κ1) is 14.5. The van der Waals surface area contributed by atoms with Gasteiger partial charge in [-0.3, -0.25) is 5.43 Å². The molecule has 0 saturated carbocycles. The quantitative estimate of drug-likeness (QED) is 0.521. The fourth-order valence-electron chi connectivity index (χ4n) is 1.27. The van der Waals surface area contributed by atoms with Gasteiger partial charge in [-0.1, -0.05) is 17.7 Å². The number of anilines is 1. The molecule has 0 radical (unpaired) electrons. The monoisotopic (exact) mass is 312 g/mol. The first-order chi connectivity index (χ1) is 9.65. The Balaban J connectivity index is 1.86. The molecule has 0 saturated heterocycles. The molecule has 1 aromatic carbocycles. The highest BCUT2D eigenvalue weighted by atomic mass is 35.5. The molecular formula is C13H10ClFN2O2S. The number of carbonyl (C=O) groups is 1. The lowest BCUT2D eigenvalue weighted by atomic mass is 10.3.